The molecule has 0 fully saturated rings. The predicted octanol–water partition coefficient (Wildman–Crippen LogP) is -0.869. The molecule has 0 aliphatic carbocycles. The van der Waals surface area contributed by atoms with Crippen LogP contribution in [0.3, 0.4) is 0 Å². The predicted molar refractivity (Wildman–Crippen MR) is 60.2 cm³/mol. The van der Waals surface area contributed by atoms with Gasteiger partial charge in [0.05, 0.1) is 19.8 Å². The van der Waals surface area contributed by atoms with E-state index in [0.29, 0.717) is 26.4 Å². The van der Waals surface area contributed by atoms with Crippen molar-refractivity contribution in [1.29, 1.82) is 0 Å². The molecule has 0 saturated heterocycles. The first kappa shape index (κ1) is 15.3. The van der Waals surface area contributed by atoms with Crippen LogP contribution in [-0.2, 0) is 19.0 Å². The Labute approximate surface area is 96.4 Å². The summed E-state index contributed by atoms with van der Waals surface area (Å²) in [6.07, 6.45) is 0.944. The minimum Gasteiger partial charge on any atom is -0.382 e. The average molecular weight is 234 g/mol. The summed E-state index contributed by atoms with van der Waals surface area (Å²) in [6, 6.07) is 0. The molecule has 16 heavy (non-hydrogen) atoms. The SMILES string of the molecule is COCCOCCCNCCOCC(N)=O. The van der Waals surface area contributed by atoms with Gasteiger partial charge in [0.25, 0.3) is 0 Å². The van der Waals surface area contributed by atoms with Crippen LogP contribution in [0.1, 0.15) is 6.42 Å². The zero-order chi connectivity index (χ0) is 12.1. The summed E-state index contributed by atoms with van der Waals surface area (Å²) in [7, 11) is 1.65. The maximum atomic E-state index is 10.3. The molecule has 0 radical (unpaired) electrons. The number of methoxy groups -OCH3 is 1. The van der Waals surface area contributed by atoms with E-state index < -0.39 is 5.91 Å². The van der Waals surface area contributed by atoms with E-state index in [-0.39, 0.29) is 6.61 Å². The summed E-state index contributed by atoms with van der Waals surface area (Å²) in [4.78, 5) is 10.3. The van der Waals surface area contributed by atoms with Crippen molar-refractivity contribution in [2.45, 2.75) is 6.42 Å². The summed E-state index contributed by atoms with van der Waals surface area (Å²) < 4.78 is 15.1. The number of nitrogens with one attached hydrogen (secondary N) is 1. The number of carbonyl (C=O) groups is 1. The molecule has 3 N–H and O–H groups in total. The van der Waals surface area contributed by atoms with Crippen molar-refractivity contribution in [2.75, 3.05) is 53.2 Å². The number of ether oxygens (including phenoxy) is 3. The van der Waals surface area contributed by atoms with Gasteiger partial charge in [-0.1, -0.05) is 0 Å². The number of amides is 1. The summed E-state index contributed by atoms with van der Waals surface area (Å²) in [5, 5.41) is 3.16. The van der Waals surface area contributed by atoms with Gasteiger partial charge in [-0.25, -0.2) is 0 Å². The second-order valence-corrected chi connectivity index (χ2v) is 3.23. The molecule has 1 amide bonds. The van der Waals surface area contributed by atoms with Crippen LogP contribution in [-0.4, -0.2) is 59.1 Å². The smallest absolute Gasteiger partial charge is 0.243 e. The molecule has 0 aromatic carbocycles. The normalized spacial score (nSPS) is 10.6. The van der Waals surface area contributed by atoms with Crippen molar-refractivity contribution in [2.24, 2.45) is 5.73 Å². The number of carbonyl (C=O) groups excluding carboxylic acids is 1. The largest absolute Gasteiger partial charge is 0.382 e. The van der Waals surface area contributed by atoms with Gasteiger partial charge in [-0.2, -0.15) is 0 Å². The molecule has 0 atom stereocenters. The van der Waals surface area contributed by atoms with Crippen molar-refractivity contribution in [3.05, 3.63) is 0 Å². The van der Waals surface area contributed by atoms with Crippen LogP contribution >= 0.6 is 0 Å². The lowest BCUT2D eigenvalue weighted by molar-refractivity contribution is -0.122. The van der Waals surface area contributed by atoms with Gasteiger partial charge in [0, 0.05) is 20.3 Å². The number of hydrogen-bond acceptors (Lipinski definition) is 5. The number of hydrogen-bond donors (Lipinski definition) is 2. The van der Waals surface area contributed by atoms with E-state index in [1.807, 2.05) is 0 Å². The van der Waals surface area contributed by atoms with E-state index in [9.17, 15) is 4.79 Å². The number of primary amides is 1. The molecule has 0 aromatic heterocycles. The molecule has 0 bridgehead atoms. The van der Waals surface area contributed by atoms with E-state index >= 15 is 0 Å². The van der Waals surface area contributed by atoms with E-state index in [4.69, 9.17) is 19.9 Å². The van der Waals surface area contributed by atoms with Crippen LogP contribution in [0.25, 0.3) is 0 Å². The van der Waals surface area contributed by atoms with Crippen molar-refractivity contribution >= 4 is 5.91 Å². The highest BCUT2D eigenvalue weighted by molar-refractivity contribution is 5.74. The van der Waals surface area contributed by atoms with Crippen LogP contribution in [0.5, 0.6) is 0 Å². The fraction of sp³-hybridized carbons (Fsp3) is 0.900. The molecule has 6 nitrogen and oxygen atoms in total. The fourth-order valence-corrected chi connectivity index (χ4v) is 0.986. The number of rotatable bonds is 12. The van der Waals surface area contributed by atoms with E-state index in [1.54, 1.807) is 7.11 Å². The van der Waals surface area contributed by atoms with E-state index in [1.165, 1.54) is 0 Å². The summed E-state index contributed by atoms with van der Waals surface area (Å²) >= 11 is 0. The lowest BCUT2D eigenvalue weighted by Crippen LogP contribution is -2.25. The third-order valence-corrected chi connectivity index (χ3v) is 1.74. The van der Waals surface area contributed by atoms with Crippen LogP contribution < -0.4 is 11.1 Å². The Morgan fingerprint density at radius 2 is 1.94 bits per heavy atom. The summed E-state index contributed by atoms with van der Waals surface area (Å²) in [5.74, 6) is -0.438. The molecule has 0 heterocycles. The Bertz CT molecular complexity index is 167. The first-order chi connectivity index (χ1) is 7.77. The summed E-state index contributed by atoms with van der Waals surface area (Å²) in [6.45, 7) is 4.05. The van der Waals surface area contributed by atoms with Crippen LogP contribution in [0.2, 0.25) is 0 Å². The third-order valence-electron chi connectivity index (χ3n) is 1.74. The Morgan fingerprint density at radius 1 is 1.12 bits per heavy atom. The maximum Gasteiger partial charge on any atom is 0.243 e. The molecule has 6 heteroatoms. The Kier molecular flexibility index (Phi) is 11.8. The van der Waals surface area contributed by atoms with Crippen LogP contribution in [0.15, 0.2) is 0 Å². The highest BCUT2D eigenvalue weighted by Gasteiger charge is 1.93. The molecule has 0 aromatic rings. The Balaban J connectivity index is 2.90. The molecule has 0 unspecified atom stereocenters. The quantitative estimate of drug-likeness (QED) is 0.429. The minimum atomic E-state index is -0.438. The summed E-state index contributed by atoms with van der Waals surface area (Å²) in [5.41, 5.74) is 4.90. The van der Waals surface area contributed by atoms with Crippen LogP contribution in [0, 0.1) is 0 Å². The van der Waals surface area contributed by atoms with Gasteiger partial charge in [-0.3, -0.25) is 4.79 Å². The Morgan fingerprint density at radius 3 is 2.62 bits per heavy atom. The molecular weight excluding hydrogens is 212 g/mol. The topological polar surface area (TPSA) is 82.8 Å². The molecule has 96 valence electrons. The van der Waals surface area contributed by atoms with Crippen molar-refractivity contribution in [3.8, 4) is 0 Å². The van der Waals surface area contributed by atoms with E-state index in [0.717, 1.165) is 19.6 Å². The average Bonchev–Trinajstić information content (AvgIpc) is 2.25. The van der Waals surface area contributed by atoms with Gasteiger partial charge < -0.3 is 25.3 Å². The molecule has 0 aliphatic rings. The molecule has 0 saturated carbocycles. The third kappa shape index (κ3) is 13.3. The van der Waals surface area contributed by atoms with Crippen molar-refractivity contribution < 1.29 is 19.0 Å². The second-order valence-electron chi connectivity index (χ2n) is 3.23. The Hall–Kier alpha value is -0.690. The highest BCUT2D eigenvalue weighted by atomic mass is 16.5. The van der Waals surface area contributed by atoms with Gasteiger partial charge in [0.2, 0.25) is 5.91 Å². The fourth-order valence-electron chi connectivity index (χ4n) is 0.986. The van der Waals surface area contributed by atoms with Crippen molar-refractivity contribution in [1.82, 2.24) is 5.32 Å². The van der Waals surface area contributed by atoms with Gasteiger partial charge in [0.15, 0.2) is 0 Å². The molecular formula is C10H22N2O4. The van der Waals surface area contributed by atoms with Crippen LogP contribution in [0.4, 0.5) is 0 Å². The maximum absolute atomic E-state index is 10.3. The van der Waals surface area contributed by atoms with Gasteiger partial charge >= 0.3 is 0 Å². The van der Waals surface area contributed by atoms with Crippen molar-refractivity contribution in [3.63, 3.8) is 0 Å². The first-order valence-corrected chi connectivity index (χ1v) is 5.41. The van der Waals surface area contributed by atoms with Gasteiger partial charge in [-0.05, 0) is 13.0 Å². The number of nitrogens with two attached hydrogens (primary N) is 1. The zero-order valence-electron chi connectivity index (χ0n) is 9.87. The molecule has 0 spiro atoms. The van der Waals surface area contributed by atoms with E-state index in [2.05, 4.69) is 5.32 Å². The van der Waals surface area contributed by atoms with Gasteiger partial charge in [-0.15, -0.1) is 0 Å². The lowest BCUT2D eigenvalue weighted by Gasteiger charge is -2.05. The monoisotopic (exact) mass is 234 g/mol. The highest BCUT2D eigenvalue weighted by Crippen LogP contribution is 1.81. The lowest BCUT2D eigenvalue weighted by atomic mass is 10.4. The minimum absolute atomic E-state index is 0.0121. The second kappa shape index (κ2) is 12.4. The first-order valence-electron chi connectivity index (χ1n) is 5.41. The zero-order valence-corrected chi connectivity index (χ0v) is 9.87. The standard InChI is InChI=1S/C10H22N2O4/c1-14-7-8-15-5-2-3-12-4-6-16-9-10(11)13/h12H,2-9H2,1H3,(H2,11,13). The molecule has 0 rings (SSSR count). The molecule has 0 aliphatic heterocycles. The van der Waals surface area contributed by atoms with Gasteiger partial charge in [0.1, 0.15) is 6.61 Å².